The highest BCUT2D eigenvalue weighted by molar-refractivity contribution is 6.25. The second-order valence-corrected chi connectivity index (χ2v) is 7.22. The molecular weight excluding hydrogens is 236 g/mol. The summed E-state index contributed by atoms with van der Waals surface area (Å²) in [6.45, 7) is 0. The van der Waals surface area contributed by atoms with E-state index in [1.165, 1.54) is 95.9 Å². The molecule has 0 radical (unpaired) electrons. The van der Waals surface area contributed by atoms with Crippen LogP contribution in [-0.4, -0.2) is 14.6 Å². The van der Waals surface area contributed by atoms with Gasteiger partial charge in [0.05, 0.1) is 0 Å². The van der Waals surface area contributed by atoms with Crippen LogP contribution in [0.5, 0.6) is 0 Å². The van der Waals surface area contributed by atoms with E-state index in [2.05, 4.69) is 0 Å². The van der Waals surface area contributed by atoms with Crippen molar-refractivity contribution in [3.8, 4) is 0 Å². The van der Waals surface area contributed by atoms with E-state index in [0.29, 0.717) is 0 Å². The van der Waals surface area contributed by atoms with Gasteiger partial charge in [-0.05, 0) is 12.0 Å². The number of hydrogen-bond acceptors (Lipinski definition) is 1. The molecule has 108 valence electrons. The topological polar surface area (TPSA) is 20.2 Å². The third-order valence-corrected chi connectivity index (χ3v) is 5.59. The van der Waals surface area contributed by atoms with Gasteiger partial charge in [-0.1, -0.05) is 89.9 Å². The molecule has 0 aromatic heterocycles. The Morgan fingerprint density at radius 2 is 0.944 bits per heavy atom. The monoisotopic (exact) mass is 270 g/mol. The van der Waals surface area contributed by atoms with E-state index >= 15 is 0 Å². The van der Waals surface area contributed by atoms with Gasteiger partial charge in [-0.3, -0.25) is 0 Å². The Morgan fingerprint density at radius 1 is 0.611 bits per heavy atom. The predicted octanol–water partition coefficient (Wildman–Crippen LogP) is 4.57. The van der Waals surface area contributed by atoms with Gasteiger partial charge >= 0.3 is 0 Å². The quantitative estimate of drug-likeness (QED) is 0.729. The van der Waals surface area contributed by atoms with Crippen molar-refractivity contribution >= 4 is 9.76 Å². The first kappa shape index (κ1) is 16.2. The first-order valence-electron chi connectivity index (χ1n) is 8.54. The number of rotatable bonds is 2. The van der Waals surface area contributed by atoms with Gasteiger partial charge in [-0.15, -0.1) is 0 Å². The van der Waals surface area contributed by atoms with Crippen molar-refractivity contribution in [2.24, 2.45) is 5.92 Å². The molecule has 0 saturated heterocycles. The normalized spacial score (nSPS) is 23.8. The Hall–Kier alpha value is 0.177. The highest BCUT2D eigenvalue weighted by atomic mass is 28.2. The van der Waals surface area contributed by atoms with Gasteiger partial charge in [0, 0.05) is 0 Å². The van der Waals surface area contributed by atoms with Crippen LogP contribution >= 0.6 is 0 Å². The van der Waals surface area contributed by atoms with E-state index in [4.69, 9.17) is 0 Å². The molecule has 0 aliphatic heterocycles. The van der Waals surface area contributed by atoms with E-state index in [1.807, 2.05) is 0 Å². The van der Waals surface area contributed by atoms with Crippen molar-refractivity contribution in [3.63, 3.8) is 0 Å². The van der Waals surface area contributed by atoms with Gasteiger partial charge in [0.2, 0.25) is 0 Å². The van der Waals surface area contributed by atoms with E-state index in [9.17, 15) is 4.80 Å². The van der Waals surface area contributed by atoms with Gasteiger partial charge in [0.25, 0.3) is 0 Å². The third kappa shape index (κ3) is 9.15. The lowest BCUT2D eigenvalue weighted by atomic mass is 9.96. The lowest BCUT2D eigenvalue weighted by Gasteiger charge is -2.15. The van der Waals surface area contributed by atoms with Crippen LogP contribution in [0, 0.1) is 5.92 Å². The zero-order chi connectivity index (χ0) is 12.9. The van der Waals surface area contributed by atoms with E-state index in [-0.39, 0.29) is 0 Å². The lowest BCUT2D eigenvalue weighted by molar-refractivity contribution is 0.423. The maximum atomic E-state index is 9.27. The molecule has 0 spiro atoms. The molecule has 1 fully saturated rings. The van der Waals surface area contributed by atoms with Crippen LogP contribution < -0.4 is 0 Å². The summed E-state index contributed by atoms with van der Waals surface area (Å²) in [5, 5.41) is 0. The molecule has 18 heavy (non-hydrogen) atoms. The van der Waals surface area contributed by atoms with Crippen LogP contribution in [0.4, 0.5) is 0 Å². The summed E-state index contributed by atoms with van der Waals surface area (Å²) in [4.78, 5) is 9.27. The fourth-order valence-electron chi connectivity index (χ4n) is 3.25. The molecule has 0 unspecified atom stereocenters. The number of hydrogen-bond donors (Lipinski definition) is 1. The zero-order valence-electron chi connectivity index (χ0n) is 12.3. The summed E-state index contributed by atoms with van der Waals surface area (Å²) in [6.07, 6.45) is 20.2. The summed E-state index contributed by atoms with van der Waals surface area (Å²) in [5.74, 6) is 0.867. The highest BCUT2D eigenvalue weighted by Crippen LogP contribution is 2.22. The summed E-state index contributed by atoms with van der Waals surface area (Å²) in [5.41, 5.74) is 0. The van der Waals surface area contributed by atoms with Crippen molar-refractivity contribution in [2.75, 3.05) is 0 Å². The van der Waals surface area contributed by atoms with Crippen LogP contribution in [0.3, 0.4) is 0 Å². The lowest BCUT2D eigenvalue weighted by Crippen LogP contribution is -2.04. The van der Waals surface area contributed by atoms with E-state index in [0.717, 1.165) is 5.92 Å². The molecule has 0 bridgehead atoms. The van der Waals surface area contributed by atoms with Crippen molar-refractivity contribution in [1.29, 1.82) is 0 Å². The largest absolute Gasteiger partial charge is 0.438 e. The second kappa shape index (κ2) is 12.2. The minimum atomic E-state index is -0.711. The van der Waals surface area contributed by atoms with Gasteiger partial charge in [-0.25, -0.2) is 0 Å². The molecule has 0 aromatic carbocycles. The zero-order valence-corrected chi connectivity index (χ0v) is 13.8. The molecular formula is C16H34OSi. The predicted molar refractivity (Wildman–Crippen MR) is 83.7 cm³/mol. The SMILES string of the molecule is O[SiH2]CC1CCCCCCCCCCCCCC1. The molecule has 2 heteroatoms. The molecule has 0 heterocycles. The van der Waals surface area contributed by atoms with Crippen LogP contribution in [0.1, 0.15) is 89.9 Å². The summed E-state index contributed by atoms with van der Waals surface area (Å²) < 4.78 is 0. The Kier molecular flexibility index (Phi) is 11.0. The first-order chi connectivity index (χ1) is 8.93. The Balaban J connectivity index is 2.20. The van der Waals surface area contributed by atoms with Gasteiger partial charge in [0.1, 0.15) is 0 Å². The minimum absolute atomic E-state index is 0.711. The molecule has 0 aromatic rings. The fourth-order valence-corrected chi connectivity index (χ4v) is 4.19. The van der Waals surface area contributed by atoms with E-state index in [1.54, 1.807) is 0 Å². The first-order valence-corrected chi connectivity index (χ1v) is 10.2. The molecule has 1 aliphatic rings. The van der Waals surface area contributed by atoms with Crippen LogP contribution in [0.25, 0.3) is 0 Å². The van der Waals surface area contributed by atoms with Gasteiger partial charge < -0.3 is 4.80 Å². The molecule has 0 amide bonds. The molecule has 1 aliphatic carbocycles. The molecule has 1 nitrogen and oxygen atoms in total. The van der Waals surface area contributed by atoms with Gasteiger partial charge in [-0.2, -0.15) is 0 Å². The van der Waals surface area contributed by atoms with Gasteiger partial charge in [0.15, 0.2) is 9.76 Å². The summed E-state index contributed by atoms with van der Waals surface area (Å²) >= 11 is 0. The van der Waals surface area contributed by atoms with Crippen molar-refractivity contribution < 1.29 is 4.80 Å². The smallest absolute Gasteiger partial charge is 0.157 e. The molecule has 1 rings (SSSR count). The Morgan fingerprint density at radius 3 is 1.28 bits per heavy atom. The van der Waals surface area contributed by atoms with E-state index < -0.39 is 9.76 Å². The molecule has 1 N–H and O–H groups in total. The van der Waals surface area contributed by atoms with Crippen molar-refractivity contribution in [1.82, 2.24) is 0 Å². The molecule has 0 atom stereocenters. The Labute approximate surface area is 117 Å². The maximum Gasteiger partial charge on any atom is 0.157 e. The van der Waals surface area contributed by atoms with Crippen LogP contribution in [-0.2, 0) is 0 Å². The Bertz CT molecular complexity index is 156. The maximum absolute atomic E-state index is 9.27. The minimum Gasteiger partial charge on any atom is -0.438 e. The summed E-state index contributed by atoms with van der Waals surface area (Å²) in [7, 11) is -0.711. The van der Waals surface area contributed by atoms with Crippen LogP contribution in [0.2, 0.25) is 6.04 Å². The van der Waals surface area contributed by atoms with Crippen molar-refractivity contribution in [3.05, 3.63) is 0 Å². The average molecular weight is 271 g/mol. The highest BCUT2D eigenvalue weighted by Gasteiger charge is 2.08. The average Bonchev–Trinajstić information content (AvgIpc) is 2.39. The third-order valence-electron chi connectivity index (χ3n) is 4.51. The van der Waals surface area contributed by atoms with Crippen LogP contribution in [0.15, 0.2) is 0 Å². The molecule has 1 saturated carbocycles. The standard InChI is InChI=1S/C16H34OSi/c17-18-15-16-13-11-9-7-5-3-1-2-4-6-8-10-12-14-16/h16-17H,1-15,18H2. The fraction of sp³-hybridized carbons (Fsp3) is 1.00. The summed E-state index contributed by atoms with van der Waals surface area (Å²) in [6, 6.07) is 1.18. The second-order valence-electron chi connectivity index (χ2n) is 6.20. The van der Waals surface area contributed by atoms with Crippen molar-refractivity contribution in [2.45, 2.75) is 95.9 Å².